The quantitative estimate of drug-likeness (QED) is 0.616. The molecule has 9 heteroatoms. The van der Waals surface area contributed by atoms with Crippen molar-refractivity contribution in [3.63, 3.8) is 0 Å². The molecule has 1 aliphatic heterocycles. The molecule has 9 nitrogen and oxygen atoms in total. The van der Waals surface area contributed by atoms with Crippen molar-refractivity contribution in [1.29, 1.82) is 0 Å². The smallest absolute Gasteiger partial charge is 0.338 e. The molecule has 1 atom stereocenters. The molecule has 1 aliphatic rings. The zero-order valence-corrected chi connectivity index (χ0v) is 14.4. The fraction of sp³-hybridized carbons (Fsp3) is 0.278. The number of amides is 3. The van der Waals surface area contributed by atoms with Crippen LogP contribution in [0.4, 0.5) is 16.2 Å². The predicted molar refractivity (Wildman–Crippen MR) is 96.1 cm³/mol. The Morgan fingerprint density at radius 2 is 1.81 bits per heavy atom. The average molecular weight is 373 g/mol. The van der Waals surface area contributed by atoms with Crippen LogP contribution in [0.1, 0.15) is 33.8 Å². The number of carbonyl (C=O) groups is 3. The molecule has 1 unspecified atom stereocenters. The molecule has 1 saturated heterocycles. The standard InChI is InChI=1S/C18H19N3O6/c22-16(15-8-11(10-27-15)17(23)24)20-12-3-5-13(6-4-12)21-18(25)19-9-14-2-1-7-26-14/h3-6,8,10,14H,1-2,7,9H2,(H,20,22)(H,23,24)(H2,19,21,25). The van der Waals surface area contributed by atoms with Crippen molar-refractivity contribution in [1.82, 2.24) is 5.32 Å². The first-order valence-electron chi connectivity index (χ1n) is 8.41. The van der Waals surface area contributed by atoms with Gasteiger partial charge >= 0.3 is 12.0 Å². The minimum atomic E-state index is -1.18. The van der Waals surface area contributed by atoms with Gasteiger partial charge in [0.2, 0.25) is 0 Å². The average Bonchev–Trinajstić information content (AvgIpc) is 3.33. The maximum atomic E-state index is 12.0. The van der Waals surface area contributed by atoms with Crippen molar-refractivity contribution in [3.8, 4) is 0 Å². The fourth-order valence-corrected chi connectivity index (χ4v) is 2.58. The molecular formula is C18H19N3O6. The van der Waals surface area contributed by atoms with E-state index in [1.807, 2.05) is 0 Å². The van der Waals surface area contributed by atoms with Crippen molar-refractivity contribution < 1.29 is 28.6 Å². The Kier molecular flexibility index (Phi) is 5.72. The van der Waals surface area contributed by atoms with Gasteiger partial charge in [0.05, 0.1) is 11.7 Å². The minimum absolute atomic E-state index is 0.0663. The van der Waals surface area contributed by atoms with E-state index >= 15 is 0 Å². The highest BCUT2D eigenvalue weighted by Gasteiger charge is 2.16. The molecule has 3 rings (SSSR count). The third-order valence-corrected chi connectivity index (χ3v) is 3.99. The van der Waals surface area contributed by atoms with Crippen LogP contribution in [0.2, 0.25) is 0 Å². The maximum absolute atomic E-state index is 12.0. The Bertz CT molecular complexity index is 824. The summed E-state index contributed by atoms with van der Waals surface area (Å²) in [6.45, 7) is 1.19. The van der Waals surface area contributed by atoms with E-state index in [1.54, 1.807) is 24.3 Å². The molecule has 2 aromatic rings. The van der Waals surface area contributed by atoms with Crippen LogP contribution in [-0.2, 0) is 4.74 Å². The molecule has 27 heavy (non-hydrogen) atoms. The van der Waals surface area contributed by atoms with E-state index < -0.39 is 11.9 Å². The highest BCUT2D eigenvalue weighted by molar-refractivity contribution is 6.03. The van der Waals surface area contributed by atoms with Crippen LogP contribution in [-0.4, -0.2) is 42.3 Å². The van der Waals surface area contributed by atoms with Gasteiger partial charge in [-0.15, -0.1) is 0 Å². The second kappa shape index (κ2) is 8.37. The van der Waals surface area contributed by atoms with E-state index in [2.05, 4.69) is 16.0 Å². The lowest BCUT2D eigenvalue weighted by atomic mass is 10.2. The van der Waals surface area contributed by atoms with Gasteiger partial charge in [0.15, 0.2) is 5.76 Å². The van der Waals surface area contributed by atoms with Crippen LogP contribution in [0.3, 0.4) is 0 Å². The summed E-state index contributed by atoms with van der Waals surface area (Å²) in [5.41, 5.74) is 0.927. The van der Waals surface area contributed by atoms with Gasteiger partial charge in [0.1, 0.15) is 6.26 Å². The summed E-state index contributed by atoms with van der Waals surface area (Å²) >= 11 is 0. The summed E-state index contributed by atoms with van der Waals surface area (Å²) in [5.74, 6) is -1.85. The Morgan fingerprint density at radius 3 is 2.41 bits per heavy atom. The zero-order chi connectivity index (χ0) is 19.2. The van der Waals surface area contributed by atoms with Gasteiger partial charge in [0.25, 0.3) is 5.91 Å². The number of anilines is 2. The summed E-state index contributed by atoms with van der Waals surface area (Å²) < 4.78 is 10.4. The molecular weight excluding hydrogens is 354 g/mol. The lowest BCUT2D eigenvalue weighted by Crippen LogP contribution is -2.35. The molecule has 0 saturated carbocycles. The van der Waals surface area contributed by atoms with Crippen molar-refractivity contribution in [2.45, 2.75) is 18.9 Å². The third-order valence-electron chi connectivity index (χ3n) is 3.99. The van der Waals surface area contributed by atoms with Gasteiger partial charge in [0, 0.05) is 30.6 Å². The number of carboxylic acids is 1. The van der Waals surface area contributed by atoms with E-state index in [-0.39, 0.29) is 23.5 Å². The maximum Gasteiger partial charge on any atom is 0.338 e. The van der Waals surface area contributed by atoms with Gasteiger partial charge in [-0.3, -0.25) is 4.79 Å². The first kappa shape index (κ1) is 18.5. The zero-order valence-electron chi connectivity index (χ0n) is 14.4. The second-order valence-electron chi connectivity index (χ2n) is 6.01. The Labute approximate surface area is 154 Å². The van der Waals surface area contributed by atoms with Gasteiger partial charge in [-0.05, 0) is 37.1 Å². The first-order valence-corrected chi connectivity index (χ1v) is 8.41. The van der Waals surface area contributed by atoms with Crippen LogP contribution in [0, 0.1) is 0 Å². The normalized spacial score (nSPS) is 15.9. The second-order valence-corrected chi connectivity index (χ2v) is 6.01. The number of rotatable bonds is 6. The molecule has 0 aliphatic carbocycles. The van der Waals surface area contributed by atoms with Gasteiger partial charge in [-0.1, -0.05) is 0 Å². The molecule has 142 valence electrons. The molecule has 0 bridgehead atoms. The van der Waals surface area contributed by atoms with Crippen LogP contribution < -0.4 is 16.0 Å². The number of hydrogen-bond donors (Lipinski definition) is 4. The van der Waals surface area contributed by atoms with Crippen LogP contribution in [0.15, 0.2) is 41.0 Å². The van der Waals surface area contributed by atoms with Gasteiger partial charge in [-0.25, -0.2) is 9.59 Å². The van der Waals surface area contributed by atoms with Crippen LogP contribution in [0.25, 0.3) is 0 Å². The van der Waals surface area contributed by atoms with Crippen molar-refractivity contribution in [2.75, 3.05) is 23.8 Å². The van der Waals surface area contributed by atoms with Crippen molar-refractivity contribution in [2.24, 2.45) is 0 Å². The number of aromatic carboxylic acids is 1. The number of hydrogen-bond acceptors (Lipinski definition) is 5. The highest BCUT2D eigenvalue weighted by atomic mass is 16.5. The van der Waals surface area contributed by atoms with E-state index in [0.717, 1.165) is 31.8 Å². The van der Waals surface area contributed by atoms with Crippen LogP contribution >= 0.6 is 0 Å². The number of urea groups is 1. The van der Waals surface area contributed by atoms with Gasteiger partial charge < -0.3 is 30.2 Å². The molecule has 1 aromatic heterocycles. The first-order chi connectivity index (χ1) is 13.0. The van der Waals surface area contributed by atoms with Crippen molar-refractivity contribution in [3.05, 3.63) is 47.9 Å². The van der Waals surface area contributed by atoms with E-state index in [1.165, 1.54) is 0 Å². The molecule has 1 aromatic carbocycles. The molecule has 1 fully saturated rings. The Morgan fingerprint density at radius 1 is 1.11 bits per heavy atom. The number of carbonyl (C=O) groups excluding carboxylic acids is 2. The predicted octanol–water partition coefficient (Wildman–Crippen LogP) is 2.53. The minimum Gasteiger partial charge on any atom is -0.478 e. The van der Waals surface area contributed by atoms with Crippen LogP contribution in [0.5, 0.6) is 0 Å². The molecule has 4 N–H and O–H groups in total. The van der Waals surface area contributed by atoms with E-state index in [0.29, 0.717) is 17.9 Å². The number of nitrogens with one attached hydrogen (secondary N) is 3. The largest absolute Gasteiger partial charge is 0.478 e. The number of benzene rings is 1. The summed E-state index contributed by atoms with van der Waals surface area (Å²) in [6, 6.07) is 7.28. The summed E-state index contributed by atoms with van der Waals surface area (Å²) in [6.07, 6.45) is 3.02. The number of carboxylic acid groups (broad SMARTS) is 1. The Balaban J connectivity index is 1.49. The number of furan rings is 1. The molecule has 3 amide bonds. The monoisotopic (exact) mass is 373 g/mol. The summed E-state index contributed by atoms with van der Waals surface area (Å²) in [7, 11) is 0. The number of ether oxygens (including phenoxy) is 1. The lowest BCUT2D eigenvalue weighted by Gasteiger charge is -2.12. The fourth-order valence-electron chi connectivity index (χ4n) is 2.58. The Hall–Kier alpha value is -3.33. The summed E-state index contributed by atoms with van der Waals surface area (Å²) in [4.78, 5) is 34.7. The van der Waals surface area contributed by atoms with Crippen molar-refractivity contribution >= 4 is 29.3 Å². The molecule has 2 heterocycles. The lowest BCUT2D eigenvalue weighted by molar-refractivity contribution is 0.0696. The van der Waals surface area contributed by atoms with Gasteiger partial charge in [-0.2, -0.15) is 0 Å². The van der Waals surface area contributed by atoms with E-state index in [4.69, 9.17) is 14.3 Å². The summed E-state index contributed by atoms with van der Waals surface area (Å²) in [5, 5.41) is 16.9. The topological polar surface area (TPSA) is 130 Å². The van der Waals surface area contributed by atoms with E-state index in [9.17, 15) is 14.4 Å². The SMILES string of the molecule is O=C(NCC1CCCO1)Nc1ccc(NC(=O)c2cc(C(=O)O)co2)cc1. The highest BCUT2D eigenvalue weighted by Crippen LogP contribution is 2.16. The molecule has 0 spiro atoms. The third kappa shape index (κ3) is 5.08. The molecule has 0 radical (unpaired) electrons.